The van der Waals surface area contributed by atoms with E-state index in [9.17, 15) is 0 Å². The van der Waals surface area contributed by atoms with Crippen molar-refractivity contribution in [3.05, 3.63) is 0 Å². The molecule has 5 nitrogen and oxygen atoms in total. The van der Waals surface area contributed by atoms with Crippen LogP contribution in [0.2, 0.25) is 0 Å². The first kappa shape index (κ1) is 8.23. The average molecular weight is 138 g/mol. The summed E-state index contributed by atoms with van der Waals surface area (Å²) in [5.74, 6) is 0. The van der Waals surface area contributed by atoms with Gasteiger partial charge in [0, 0.05) is 0 Å². The first-order valence-electron chi connectivity index (χ1n) is 1.13. The van der Waals surface area contributed by atoms with Crippen LogP contribution in [-0.4, -0.2) is 44.2 Å². The second-order valence-corrected chi connectivity index (χ2v) is 2.95. The van der Waals surface area contributed by atoms with Crippen LogP contribution in [0.25, 0.3) is 0 Å². The van der Waals surface area contributed by atoms with Crippen molar-refractivity contribution in [3.63, 3.8) is 0 Å². The molecule has 1 fully saturated rings. The summed E-state index contributed by atoms with van der Waals surface area (Å²) in [7, 11) is -4.80. The van der Waals surface area contributed by atoms with Gasteiger partial charge in [-0.05, 0) is 0 Å². The Balaban J connectivity index is 0.000000360. The van der Waals surface area contributed by atoms with Crippen LogP contribution in [0, 0.1) is 0 Å². The fourth-order valence-electron chi connectivity index (χ4n) is 0.0447. The monoisotopic (exact) mass is 138 g/mol. The van der Waals surface area contributed by atoms with Crippen molar-refractivity contribution in [2.24, 2.45) is 0 Å². The Kier molecular flexibility index (Phi) is 1.88. The predicted molar refractivity (Wildman–Crippen MR) is 22.9 cm³/mol. The first-order valence-corrected chi connectivity index (χ1v) is 3.06. The van der Waals surface area contributed by atoms with E-state index in [1.807, 2.05) is 0 Å². The maximum absolute atomic E-state index is 7.89. The molecule has 0 aliphatic carbocycles. The molecule has 40 valence electrons. The van der Waals surface area contributed by atoms with Crippen molar-refractivity contribution in [1.82, 2.24) is 0 Å². The Morgan fingerprint density at radius 3 is 1.14 bits per heavy atom. The van der Waals surface area contributed by atoms with E-state index in [0.29, 0.717) is 0 Å². The van der Waals surface area contributed by atoms with Crippen LogP contribution in [0.3, 0.4) is 0 Å². The van der Waals surface area contributed by atoms with E-state index in [2.05, 4.69) is 9.35 Å². The summed E-state index contributed by atoms with van der Waals surface area (Å²) in [4.78, 5) is 23.7. The molecule has 1 saturated heterocycles. The SMILES string of the molecule is OP1(O)(O)OO1.[NaH]. The zero-order valence-electron chi connectivity index (χ0n) is 2.61. The van der Waals surface area contributed by atoms with Gasteiger partial charge in [0.15, 0.2) is 0 Å². The minimum atomic E-state index is -4.80. The number of hydrogen-bond acceptors (Lipinski definition) is 5. The van der Waals surface area contributed by atoms with Gasteiger partial charge in [0.25, 0.3) is 0 Å². The Hall–Kier alpha value is 1.23. The number of hydrogen-bond donors (Lipinski definition) is 3. The van der Waals surface area contributed by atoms with Crippen LogP contribution < -0.4 is 0 Å². The summed E-state index contributed by atoms with van der Waals surface area (Å²) >= 11 is 0. The van der Waals surface area contributed by atoms with Gasteiger partial charge in [0.05, 0.1) is 0 Å². The fourth-order valence-corrected chi connectivity index (χ4v) is 0.402. The van der Waals surface area contributed by atoms with Crippen LogP contribution in [-0.2, 0) is 9.35 Å². The summed E-state index contributed by atoms with van der Waals surface area (Å²) in [5.41, 5.74) is 0. The number of rotatable bonds is 0. The van der Waals surface area contributed by atoms with E-state index in [0.717, 1.165) is 0 Å². The van der Waals surface area contributed by atoms with Crippen LogP contribution in [0.5, 0.6) is 0 Å². The Morgan fingerprint density at radius 2 is 1.14 bits per heavy atom. The van der Waals surface area contributed by atoms with Gasteiger partial charge in [-0.25, -0.2) is 0 Å². The quantitative estimate of drug-likeness (QED) is 0.162. The molecule has 3 N–H and O–H groups in total. The molecule has 0 bridgehead atoms. The summed E-state index contributed by atoms with van der Waals surface area (Å²) in [5, 5.41) is 0. The molecule has 0 unspecified atom stereocenters. The molecule has 0 amide bonds. The first-order chi connectivity index (χ1) is 2.47. The van der Waals surface area contributed by atoms with Crippen LogP contribution in [0.1, 0.15) is 0 Å². The van der Waals surface area contributed by atoms with Crippen molar-refractivity contribution < 1.29 is 24.0 Å². The van der Waals surface area contributed by atoms with E-state index in [4.69, 9.17) is 14.7 Å². The van der Waals surface area contributed by atoms with Crippen molar-refractivity contribution >= 4 is 37.3 Å². The third-order valence-electron chi connectivity index (χ3n) is 0.275. The Labute approximate surface area is 61.4 Å². The summed E-state index contributed by atoms with van der Waals surface area (Å²) in [6.45, 7) is 0. The molecular formula is H4NaO5P. The van der Waals surface area contributed by atoms with Gasteiger partial charge in [0.2, 0.25) is 0 Å². The van der Waals surface area contributed by atoms with Crippen molar-refractivity contribution in [3.8, 4) is 0 Å². The molecule has 0 saturated carbocycles. The van der Waals surface area contributed by atoms with E-state index in [-0.39, 0.29) is 29.6 Å². The molecule has 1 aliphatic heterocycles. The predicted octanol–water partition coefficient (Wildman–Crippen LogP) is -1.60. The maximum atomic E-state index is 7.89. The van der Waals surface area contributed by atoms with Gasteiger partial charge in [-0.15, -0.1) is 0 Å². The third-order valence-corrected chi connectivity index (χ3v) is 0.824. The van der Waals surface area contributed by atoms with E-state index in [1.54, 1.807) is 0 Å². The van der Waals surface area contributed by atoms with Gasteiger partial charge in [-0.3, -0.25) is 0 Å². The fraction of sp³-hybridized carbons (Fsp3) is 0. The molecule has 0 aromatic carbocycles. The molecule has 1 aliphatic rings. The Bertz CT molecular complexity index is 71.8. The standard InChI is InChI=1S/Na.H3O5P.H/c;1-6(2,3)4-5-6;/h;1-3H;. The average Bonchev–Trinajstić information content (AvgIpc) is 1.73. The molecule has 0 radical (unpaired) electrons. The molecule has 7 heteroatoms. The zero-order valence-corrected chi connectivity index (χ0v) is 3.50. The molecule has 1 heterocycles. The summed E-state index contributed by atoms with van der Waals surface area (Å²) in [6.07, 6.45) is 0. The summed E-state index contributed by atoms with van der Waals surface area (Å²) in [6, 6.07) is 0. The van der Waals surface area contributed by atoms with E-state index in [1.165, 1.54) is 0 Å². The summed E-state index contributed by atoms with van der Waals surface area (Å²) < 4.78 is 6.76. The van der Waals surface area contributed by atoms with Crippen LogP contribution in [0.4, 0.5) is 0 Å². The van der Waals surface area contributed by atoms with E-state index >= 15 is 0 Å². The van der Waals surface area contributed by atoms with Crippen LogP contribution >= 0.6 is 7.74 Å². The van der Waals surface area contributed by atoms with Crippen molar-refractivity contribution in [2.75, 3.05) is 0 Å². The molecule has 0 spiro atoms. The topological polar surface area (TPSA) is 85.8 Å². The van der Waals surface area contributed by atoms with Gasteiger partial charge >= 0.3 is 61.3 Å². The van der Waals surface area contributed by atoms with E-state index < -0.39 is 7.74 Å². The Morgan fingerprint density at radius 1 is 1.00 bits per heavy atom. The molecule has 0 atom stereocenters. The molecule has 7 heavy (non-hydrogen) atoms. The normalized spacial score (nSPS) is 36.7. The zero-order chi connectivity index (χ0) is 4.86. The molecular weight excluding hydrogens is 134 g/mol. The van der Waals surface area contributed by atoms with Crippen LogP contribution in [0.15, 0.2) is 0 Å². The minimum absolute atomic E-state index is 0. The molecule has 0 aromatic rings. The van der Waals surface area contributed by atoms with Gasteiger partial charge < -0.3 is 0 Å². The third kappa shape index (κ3) is 2.92. The van der Waals surface area contributed by atoms with Crippen molar-refractivity contribution in [2.45, 2.75) is 0 Å². The van der Waals surface area contributed by atoms with Gasteiger partial charge in [-0.2, -0.15) is 0 Å². The molecule has 1 rings (SSSR count). The van der Waals surface area contributed by atoms with Crippen molar-refractivity contribution in [1.29, 1.82) is 0 Å². The second-order valence-electron chi connectivity index (χ2n) is 0.982. The second kappa shape index (κ2) is 1.60. The van der Waals surface area contributed by atoms with Gasteiger partial charge in [-0.1, -0.05) is 0 Å². The van der Waals surface area contributed by atoms with Gasteiger partial charge in [0.1, 0.15) is 0 Å². The molecule has 0 aromatic heterocycles.